The number of aryl methyl sites for hydroxylation is 2. The number of methoxy groups -OCH3 is 1. The summed E-state index contributed by atoms with van der Waals surface area (Å²) in [6.07, 6.45) is 3.75. The van der Waals surface area contributed by atoms with Crippen molar-refractivity contribution in [2.75, 3.05) is 19.0 Å². The highest BCUT2D eigenvalue weighted by Crippen LogP contribution is 2.21. The molecule has 8 heteroatoms. The lowest BCUT2D eigenvalue weighted by Gasteiger charge is -2.09. The van der Waals surface area contributed by atoms with Crippen LogP contribution < -0.4 is 5.32 Å². The molecule has 0 aliphatic carbocycles. The van der Waals surface area contributed by atoms with E-state index in [-0.39, 0.29) is 12.3 Å². The third-order valence-corrected chi connectivity index (χ3v) is 4.04. The molecule has 3 rings (SSSR count). The van der Waals surface area contributed by atoms with E-state index in [1.165, 1.54) is 13.4 Å². The number of benzene rings is 1. The molecule has 0 spiro atoms. The average Bonchev–Trinajstić information content (AvgIpc) is 2.90. The van der Waals surface area contributed by atoms with Gasteiger partial charge in [0.25, 0.3) is 0 Å². The van der Waals surface area contributed by atoms with E-state index >= 15 is 0 Å². The standard InChI is InChI=1S/C16H15ClN4O3/c1-24-16(23)11-6-10(2-3-12(11)17)4-5-21-9-20-14-13(22)7-18-8-19-15(14)21/h2-3,6,8-9H,4-5,7H2,1H3,(H,18,19). The highest BCUT2D eigenvalue weighted by atomic mass is 35.5. The lowest BCUT2D eigenvalue weighted by atomic mass is 10.1. The van der Waals surface area contributed by atoms with Crippen LogP contribution in [0.5, 0.6) is 0 Å². The van der Waals surface area contributed by atoms with E-state index in [1.807, 2.05) is 10.6 Å². The Balaban J connectivity index is 1.79. The Morgan fingerprint density at radius 2 is 2.29 bits per heavy atom. The summed E-state index contributed by atoms with van der Waals surface area (Å²) in [5.74, 6) is 0.0368. The van der Waals surface area contributed by atoms with E-state index in [2.05, 4.69) is 15.3 Å². The van der Waals surface area contributed by atoms with Crippen molar-refractivity contribution in [3.05, 3.63) is 46.4 Å². The zero-order valence-corrected chi connectivity index (χ0v) is 13.7. The molecule has 2 aromatic rings. The molecule has 0 amide bonds. The number of esters is 1. The van der Waals surface area contributed by atoms with Crippen molar-refractivity contribution in [3.8, 4) is 0 Å². The molecule has 0 saturated heterocycles. The highest BCUT2D eigenvalue weighted by molar-refractivity contribution is 6.33. The maximum absolute atomic E-state index is 11.9. The topological polar surface area (TPSA) is 85.6 Å². The summed E-state index contributed by atoms with van der Waals surface area (Å²) in [7, 11) is 1.32. The summed E-state index contributed by atoms with van der Waals surface area (Å²) in [6, 6.07) is 5.24. The number of aromatic nitrogens is 2. The highest BCUT2D eigenvalue weighted by Gasteiger charge is 2.19. The van der Waals surface area contributed by atoms with Gasteiger partial charge in [0.1, 0.15) is 12.4 Å². The molecule has 0 fully saturated rings. The summed E-state index contributed by atoms with van der Waals surface area (Å²) in [5.41, 5.74) is 1.65. The van der Waals surface area contributed by atoms with Crippen LogP contribution in [0.4, 0.5) is 5.82 Å². The first kappa shape index (κ1) is 16.2. The molecule has 1 aromatic heterocycles. The lowest BCUT2D eigenvalue weighted by molar-refractivity contribution is 0.0600. The van der Waals surface area contributed by atoms with Crippen LogP contribution in [-0.4, -0.2) is 41.3 Å². The molecule has 124 valence electrons. The third kappa shape index (κ3) is 3.16. The summed E-state index contributed by atoms with van der Waals surface area (Å²) < 4.78 is 6.57. The first-order valence-corrected chi connectivity index (χ1v) is 7.68. The number of carbonyl (C=O) groups is 2. The Hall–Kier alpha value is -2.67. The van der Waals surface area contributed by atoms with Crippen LogP contribution in [0.25, 0.3) is 0 Å². The van der Waals surface area contributed by atoms with Gasteiger partial charge in [0.2, 0.25) is 5.78 Å². The molecule has 0 saturated carbocycles. The number of ether oxygens (including phenoxy) is 1. The molecular formula is C16H15ClN4O3. The summed E-state index contributed by atoms with van der Waals surface area (Å²) in [5, 5.41) is 3.33. The van der Waals surface area contributed by atoms with Crippen LogP contribution in [0.15, 0.2) is 29.5 Å². The van der Waals surface area contributed by atoms with Gasteiger partial charge in [-0.1, -0.05) is 17.7 Å². The Morgan fingerprint density at radius 1 is 1.46 bits per heavy atom. The molecule has 0 bridgehead atoms. The SMILES string of the molecule is COC(=O)c1cc(CCn2cnc3c2NC=NCC3=O)ccc1Cl. The van der Waals surface area contributed by atoms with Gasteiger partial charge in [0.15, 0.2) is 5.69 Å². The second kappa shape index (κ2) is 6.84. The van der Waals surface area contributed by atoms with Crippen LogP contribution in [0.1, 0.15) is 26.4 Å². The fourth-order valence-electron chi connectivity index (χ4n) is 2.46. The molecule has 1 aliphatic rings. The number of Topliss-reactive ketones (excluding diaryl/α,β-unsaturated/α-hetero) is 1. The monoisotopic (exact) mass is 346 g/mol. The van der Waals surface area contributed by atoms with Gasteiger partial charge in [-0.3, -0.25) is 9.79 Å². The van der Waals surface area contributed by atoms with E-state index < -0.39 is 5.97 Å². The van der Waals surface area contributed by atoms with Crippen molar-refractivity contribution in [1.29, 1.82) is 0 Å². The summed E-state index contributed by atoms with van der Waals surface area (Å²) >= 11 is 6.02. The van der Waals surface area contributed by atoms with Crippen LogP contribution >= 0.6 is 11.6 Å². The van der Waals surface area contributed by atoms with Gasteiger partial charge < -0.3 is 14.6 Å². The van der Waals surface area contributed by atoms with Crippen molar-refractivity contribution in [1.82, 2.24) is 9.55 Å². The van der Waals surface area contributed by atoms with E-state index in [1.54, 1.807) is 18.5 Å². The molecule has 0 atom stereocenters. The fraction of sp³-hybridized carbons (Fsp3) is 0.250. The van der Waals surface area contributed by atoms with E-state index in [9.17, 15) is 9.59 Å². The zero-order valence-electron chi connectivity index (χ0n) is 13.0. The Morgan fingerprint density at radius 3 is 3.08 bits per heavy atom. The van der Waals surface area contributed by atoms with Gasteiger partial charge in [0.05, 0.1) is 30.4 Å². The Bertz CT molecular complexity index is 829. The minimum absolute atomic E-state index is 0.0939. The predicted octanol–water partition coefficient (Wildman–Crippen LogP) is 2.20. The number of hydrogen-bond donors (Lipinski definition) is 1. The van der Waals surface area contributed by atoms with Gasteiger partial charge >= 0.3 is 5.97 Å². The van der Waals surface area contributed by atoms with Gasteiger partial charge in [-0.05, 0) is 24.1 Å². The van der Waals surface area contributed by atoms with Gasteiger partial charge in [0, 0.05) is 6.54 Å². The molecule has 1 aromatic carbocycles. The average molecular weight is 347 g/mol. The second-order valence-corrected chi connectivity index (χ2v) is 5.64. The number of ketones is 1. The first-order chi connectivity index (χ1) is 11.6. The number of hydrogen-bond acceptors (Lipinski definition) is 6. The number of nitrogens with one attached hydrogen (secondary N) is 1. The number of rotatable bonds is 4. The van der Waals surface area contributed by atoms with E-state index in [4.69, 9.17) is 16.3 Å². The number of carbonyl (C=O) groups excluding carboxylic acids is 2. The maximum Gasteiger partial charge on any atom is 0.339 e. The lowest BCUT2D eigenvalue weighted by Crippen LogP contribution is -2.09. The second-order valence-electron chi connectivity index (χ2n) is 5.23. The third-order valence-electron chi connectivity index (χ3n) is 3.71. The minimum atomic E-state index is -0.471. The van der Waals surface area contributed by atoms with Crippen molar-refractivity contribution in [2.45, 2.75) is 13.0 Å². The van der Waals surface area contributed by atoms with Crippen molar-refractivity contribution < 1.29 is 14.3 Å². The van der Waals surface area contributed by atoms with Crippen LogP contribution in [0.3, 0.4) is 0 Å². The number of aliphatic imine (C=N–C) groups is 1. The predicted molar refractivity (Wildman–Crippen MR) is 90.0 cm³/mol. The number of fused-ring (bicyclic) bond motifs is 1. The molecule has 2 heterocycles. The van der Waals surface area contributed by atoms with E-state index in [0.717, 1.165) is 5.56 Å². The quantitative estimate of drug-likeness (QED) is 0.858. The number of imidazole rings is 1. The van der Waals surface area contributed by atoms with Crippen LogP contribution in [0.2, 0.25) is 5.02 Å². The van der Waals surface area contributed by atoms with Crippen molar-refractivity contribution in [3.63, 3.8) is 0 Å². The maximum atomic E-state index is 11.9. The molecule has 7 nitrogen and oxygen atoms in total. The number of anilines is 1. The summed E-state index contributed by atoms with van der Waals surface area (Å²) in [4.78, 5) is 31.7. The number of nitrogens with zero attached hydrogens (tertiary/aromatic N) is 3. The van der Waals surface area contributed by atoms with E-state index in [0.29, 0.717) is 35.1 Å². The normalized spacial score (nSPS) is 13.2. The van der Waals surface area contributed by atoms with Gasteiger partial charge in [-0.25, -0.2) is 9.78 Å². The van der Waals surface area contributed by atoms with Crippen molar-refractivity contribution >= 4 is 35.5 Å². The van der Waals surface area contributed by atoms with Gasteiger partial charge in [-0.15, -0.1) is 0 Å². The Kier molecular flexibility index (Phi) is 4.61. The molecule has 0 radical (unpaired) electrons. The van der Waals surface area contributed by atoms with Gasteiger partial charge in [-0.2, -0.15) is 0 Å². The molecular weight excluding hydrogens is 332 g/mol. The van der Waals surface area contributed by atoms with Crippen molar-refractivity contribution in [2.24, 2.45) is 4.99 Å². The van der Waals surface area contributed by atoms with Crippen LogP contribution in [0, 0.1) is 0 Å². The molecule has 24 heavy (non-hydrogen) atoms. The smallest absolute Gasteiger partial charge is 0.339 e. The first-order valence-electron chi connectivity index (χ1n) is 7.30. The molecule has 1 aliphatic heterocycles. The van der Waals surface area contributed by atoms with Crippen LogP contribution in [-0.2, 0) is 17.7 Å². The molecule has 0 unspecified atom stereocenters. The fourth-order valence-corrected chi connectivity index (χ4v) is 2.66. The minimum Gasteiger partial charge on any atom is -0.465 e. The summed E-state index contributed by atoms with van der Waals surface area (Å²) in [6.45, 7) is 0.676. The Labute approximate surface area is 143 Å². The number of halogens is 1. The zero-order chi connectivity index (χ0) is 17.1. The largest absolute Gasteiger partial charge is 0.465 e. The molecule has 1 N–H and O–H groups in total.